The van der Waals surface area contributed by atoms with Crippen LogP contribution in [0, 0.1) is 0 Å². The van der Waals surface area contributed by atoms with Crippen LogP contribution in [0.1, 0.15) is 0 Å². The van der Waals surface area contributed by atoms with Crippen LogP contribution >= 0.6 is 0 Å². The average Bonchev–Trinajstić information content (AvgIpc) is 0. The Morgan fingerprint density at radius 3 is 1.00 bits per heavy atom. The molecule has 0 aliphatic heterocycles. The molecule has 0 fully saturated rings. The normalized spacial score (nSPS) is 0. The van der Waals surface area contributed by atoms with E-state index in [4.69, 9.17) is 0 Å². The van der Waals surface area contributed by atoms with Crippen molar-refractivity contribution in [3.63, 3.8) is 0 Å². The molecule has 0 heterocycles. The third kappa shape index (κ3) is 9.16. The average molecular weight is 182 g/mol. The molecule has 0 saturated carbocycles. The van der Waals surface area contributed by atoms with Crippen molar-refractivity contribution in [2.75, 3.05) is 0 Å². The molecule has 0 atom stereocenters. The molecule has 4 heteroatoms. The van der Waals surface area contributed by atoms with Crippen molar-refractivity contribution in [3.05, 3.63) is 0 Å². The molecule has 0 N–H and O–H groups in total. The van der Waals surface area contributed by atoms with E-state index in [2.05, 4.69) is 0 Å². The maximum Gasteiger partial charge on any atom is 0 e. The molecule has 0 aromatic carbocycles. The van der Waals surface area contributed by atoms with Gasteiger partial charge in [-0.3, -0.25) is 0 Å². The summed E-state index contributed by atoms with van der Waals surface area (Å²) in [5, 5.41) is 0. The molecular weight excluding hydrogens is 180 g/mol. The van der Waals surface area contributed by atoms with Gasteiger partial charge < -0.3 is 0 Å². The van der Waals surface area contributed by atoms with E-state index in [1.54, 1.807) is 0 Å². The molecule has 0 amide bonds. The fourth-order valence-electron chi connectivity index (χ4n) is 0. The molecule has 0 rings (SSSR count). The van der Waals surface area contributed by atoms with Crippen LogP contribution in [0.15, 0.2) is 0 Å². The van der Waals surface area contributed by atoms with Crippen molar-refractivity contribution in [2.45, 2.75) is 0 Å². The summed E-state index contributed by atoms with van der Waals surface area (Å²) >= 11 is 0. The first-order chi connectivity index (χ1) is 0. The second-order valence-electron chi connectivity index (χ2n) is 0. The molecule has 0 saturated heterocycles. The van der Waals surface area contributed by atoms with Gasteiger partial charge in [0.05, 0.1) is 0 Å². The molecule has 0 aliphatic rings. The topological polar surface area (TPSA) is 0 Å². The standard InChI is InChI=1S/Co.K.Na.Ni.2H. The van der Waals surface area contributed by atoms with Gasteiger partial charge in [-0.1, -0.05) is 0 Å². The Morgan fingerprint density at radius 2 is 1.00 bits per heavy atom. The zero-order valence-electron chi connectivity index (χ0n) is 0.650. The van der Waals surface area contributed by atoms with Gasteiger partial charge in [0.2, 0.25) is 0 Å². The first-order valence-corrected chi connectivity index (χ1v) is 0. The number of rotatable bonds is 0. The van der Waals surface area contributed by atoms with Crippen LogP contribution < -0.4 is 0 Å². The minimum Gasteiger partial charge on any atom is 0 e. The molecule has 1 radical (unpaired) electrons. The molecule has 0 spiro atoms. The Kier molecular flexibility index (Phi) is 101. The van der Waals surface area contributed by atoms with Gasteiger partial charge in [0, 0.05) is 33.3 Å². The molecule has 23 valence electrons. The molecular formula is H2CoKNaNi. The van der Waals surface area contributed by atoms with Crippen molar-refractivity contribution in [1.82, 2.24) is 0 Å². The molecule has 0 bridgehead atoms. The molecule has 0 nitrogen and oxygen atoms in total. The van der Waals surface area contributed by atoms with E-state index in [9.17, 15) is 0 Å². The van der Waals surface area contributed by atoms with Crippen LogP contribution in [0.5, 0.6) is 0 Å². The van der Waals surface area contributed by atoms with Gasteiger partial charge in [0.1, 0.15) is 0 Å². The van der Waals surface area contributed by atoms with Gasteiger partial charge >= 0.3 is 80.9 Å². The predicted octanol–water partition coefficient (Wildman–Crippen LogP) is -1.30. The van der Waals surface area contributed by atoms with Crippen molar-refractivity contribution >= 4 is 80.9 Å². The summed E-state index contributed by atoms with van der Waals surface area (Å²) < 4.78 is 0. The second-order valence-corrected chi connectivity index (χ2v) is 0. The van der Waals surface area contributed by atoms with Gasteiger partial charge in [-0.2, -0.15) is 0 Å². The minimum atomic E-state index is 0. The summed E-state index contributed by atoms with van der Waals surface area (Å²) in [7, 11) is 0. The number of hydrogen-bond donors (Lipinski definition) is 0. The van der Waals surface area contributed by atoms with Crippen LogP contribution in [0.4, 0.5) is 0 Å². The van der Waals surface area contributed by atoms with E-state index in [0.717, 1.165) is 0 Å². The smallest absolute Gasteiger partial charge is 0 e. The Morgan fingerprint density at radius 1 is 1.00 bits per heavy atom. The van der Waals surface area contributed by atoms with Crippen molar-refractivity contribution in [1.29, 1.82) is 0 Å². The first kappa shape index (κ1) is 25.4. The zero-order valence-corrected chi connectivity index (χ0v) is 2.68. The predicted molar refractivity (Wildman–Crippen MR) is 14.3 cm³/mol. The fourth-order valence-corrected chi connectivity index (χ4v) is 0. The minimum absolute atomic E-state index is 0. The van der Waals surface area contributed by atoms with E-state index < -0.39 is 0 Å². The van der Waals surface area contributed by atoms with E-state index >= 15 is 0 Å². The second kappa shape index (κ2) is 15.9. The molecule has 0 aromatic rings. The fraction of sp³-hybridized carbons (Fsp3) is 0. The monoisotopic (exact) mass is 181 g/mol. The van der Waals surface area contributed by atoms with E-state index in [1.807, 2.05) is 0 Å². The molecule has 0 aromatic heterocycles. The first-order valence-electron chi connectivity index (χ1n) is 0. The Bertz CT molecular complexity index is 8.00. The van der Waals surface area contributed by atoms with Crippen LogP contribution in [0.3, 0.4) is 0 Å². The van der Waals surface area contributed by atoms with Gasteiger partial charge in [0.25, 0.3) is 0 Å². The third-order valence-electron chi connectivity index (χ3n) is 0. The summed E-state index contributed by atoms with van der Waals surface area (Å²) in [6.07, 6.45) is 0. The van der Waals surface area contributed by atoms with Gasteiger partial charge in [-0.25, -0.2) is 0 Å². The van der Waals surface area contributed by atoms with E-state index in [-0.39, 0.29) is 114 Å². The van der Waals surface area contributed by atoms with E-state index in [1.165, 1.54) is 0 Å². The summed E-state index contributed by atoms with van der Waals surface area (Å²) in [5.41, 5.74) is 0. The number of hydrogen-bond acceptors (Lipinski definition) is 0. The van der Waals surface area contributed by atoms with Crippen molar-refractivity contribution in [3.8, 4) is 0 Å². The Balaban J connectivity index is 0. The quantitative estimate of drug-likeness (QED) is 0.408. The molecule has 0 aliphatic carbocycles. The van der Waals surface area contributed by atoms with Crippen LogP contribution in [-0.4, -0.2) is 80.9 Å². The van der Waals surface area contributed by atoms with Crippen molar-refractivity contribution < 1.29 is 33.3 Å². The van der Waals surface area contributed by atoms with Gasteiger partial charge in [0.15, 0.2) is 0 Å². The van der Waals surface area contributed by atoms with Crippen LogP contribution in [-0.2, 0) is 33.3 Å². The Hall–Kier alpha value is 3.64. The molecule has 4 heavy (non-hydrogen) atoms. The van der Waals surface area contributed by atoms with Crippen molar-refractivity contribution in [2.24, 2.45) is 0 Å². The third-order valence-corrected chi connectivity index (χ3v) is 0. The SMILES string of the molecule is [Co].[KH].[NaH].[Ni]. The van der Waals surface area contributed by atoms with Crippen LogP contribution in [0.2, 0.25) is 0 Å². The zero-order chi connectivity index (χ0) is 0. The van der Waals surface area contributed by atoms with Crippen LogP contribution in [0.25, 0.3) is 0 Å². The summed E-state index contributed by atoms with van der Waals surface area (Å²) in [6.45, 7) is 0. The largest absolute Gasteiger partial charge is 0 e. The van der Waals surface area contributed by atoms with Gasteiger partial charge in [-0.05, 0) is 0 Å². The van der Waals surface area contributed by atoms with E-state index in [0.29, 0.717) is 0 Å². The Labute approximate surface area is 111 Å². The summed E-state index contributed by atoms with van der Waals surface area (Å²) in [4.78, 5) is 0. The molecule has 0 unspecified atom stereocenters. The van der Waals surface area contributed by atoms with Gasteiger partial charge in [-0.15, -0.1) is 0 Å². The summed E-state index contributed by atoms with van der Waals surface area (Å²) in [6, 6.07) is 0. The maximum atomic E-state index is 0. The maximum absolute atomic E-state index is 0. The summed E-state index contributed by atoms with van der Waals surface area (Å²) in [5.74, 6) is 0.